The maximum Gasteiger partial charge on any atom is 0.269 e. The first-order chi connectivity index (χ1) is 8.13. The Labute approximate surface area is 116 Å². The number of hydrogen-bond donors (Lipinski definition) is 2. The Morgan fingerprint density at radius 2 is 2.24 bits per heavy atom. The summed E-state index contributed by atoms with van der Waals surface area (Å²) in [6.07, 6.45) is 1.03. The molecule has 0 radical (unpaired) electrons. The lowest BCUT2D eigenvalue weighted by Crippen LogP contribution is -2.23. The van der Waals surface area contributed by atoms with Crippen LogP contribution in [-0.2, 0) is 0 Å². The van der Waals surface area contributed by atoms with Crippen LogP contribution in [0.15, 0.2) is 9.27 Å². The minimum absolute atomic E-state index is 0.0998. The van der Waals surface area contributed by atoms with E-state index in [-0.39, 0.29) is 21.2 Å². The van der Waals surface area contributed by atoms with E-state index in [2.05, 4.69) is 32.8 Å². The molecule has 4 nitrogen and oxygen atoms in total. The van der Waals surface area contributed by atoms with Crippen LogP contribution in [0.3, 0.4) is 0 Å². The Morgan fingerprint density at radius 1 is 1.53 bits per heavy atom. The Balaban J connectivity index is 2.35. The van der Waals surface area contributed by atoms with Crippen LogP contribution in [0.1, 0.15) is 24.4 Å². The largest absolute Gasteiger partial charge is 0.492 e. The van der Waals surface area contributed by atoms with Gasteiger partial charge in [-0.1, -0.05) is 6.92 Å². The minimum atomic E-state index is -0.321. The molecule has 0 aromatic carbocycles. The van der Waals surface area contributed by atoms with E-state index in [0.29, 0.717) is 11.1 Å². The number of aromatic amines is 1. The summed E-state index contributed by atoms with van der Waals surface area (Å²) in [4.78, 5) is 18.4. The van der Waals surface area contributed by atoms with Gasteiger partial charge in [0.15, 0.2) is 0 Å². The SMILES string of the molecule is CCC1SCCSC1c1nc(O)c(Br)c(=O)[nH]1. The van der Waals surface area contributed by atoms with Crippen molar-refractivity contribution in [3.63, 3.8) is 0 Å². The number of nitrogens with zero attached hydrogens (tertiary/aromatic N) is 1. The third kappa shape index (κ3) is 2.82. The molecule has 1 saturated heterocycles. The summed E-state index contributed by atoms with van der Waals surface area (Å²) in [5.74, 6) is 2.54. The predicted molar refractivity (Wildman–Crippen MR) is 76.0 cm³/mol. The van der Waals surface area contributed by atoms with Crippen molar-refractivity contribution in [2.45, 2.75) is 23.8 Å². The molecule has 0 spiro atoms. The molecule has 1 fully saturated rings. The topological polar surface area (TPSA) is 66.0 Å². The molecule has 2 atom stereocenters. The van der Waals surface area contributed by atoms with Crippen LogP contribution in [0.4, 0.5) is 0 Å². The molecule has 94 valence electrons. The van der Waals surface area contributed by atoms with Gasteiger partial charge in [-0.15, -0.1) is 11.8 Å². The molecule has 1 aromatic heterocycles. The fourth-order valence-electron chi connectivity index (χ4n) is 1.75. The van der Waals surface area contributed by atoms with Crippen LogP contribution in [0.2, 0.25) is 0 Å². The van der Waals surface area contributed by atoms with Gasteiger partial charge >= 0.3 is 0 Å². The zero-order chi connectivity index (χ0) is 12.4. The average Bonchev–Trinajstić information content (AvgIpc) is 2.35. The number of halogens is 1. The van der Waals surface area contributed by atoms with E-state index in [1.54, 1.807) is 11.8 Å². The Kier molecular flexibility index (Phi) is 4.43. The number of H-pyrrole nitrogens is 1. The molecule has 2 unspecified atom stereocenters. The van der Waals surface area contributed by atoms with E-state index < -0.39 is 0 Å². The average molecular weight is 337 g/mol. The lowest BCUT2D eigenvalue weighted by Gasteiger charge is -2.28. The molecule has 7 heteroatoms. The predicted octanol–water partition coefficient (Wildman–Crippen LogP) is 2.54. The monoisotopic (exact) mass is 336 g/mol. The summed E-state index contributed by atoms with van der Waals surface area (Å²) in [5, 5.41) is 10.2. The second-order valence-corrected chi connectivity index (χ2v) is 7.09. The highest BCUT2D eigenvalue weighted by atomic mass is 79.9. The minimum Gasteiger partial charge on any atom is -0.492 e. The molecule has 0 bridgehead atoms. The van der Waals surface area contributed by atoms with Crippen LogP contribution >= 0.6 is 39.5 Å². The molecule has 2 heterocycles. The standard InChI is InChI=1S/C10H13BrN2O2S2/c1-2-5-7(17-4-3-16-5)8-12-9(14)6(11)10(15)13-8/h5,7H,2-4H2,1H3,(H2,12,13,14,15). The van der Waals surface area contributed by atoms with Crippen molar-refractivity contribution >= 4 is 39.5 Å². The molecule has 0 amide bonds. The fraction of sp³-hybridized carbons (Fsp3) is 0.600. The maximum atomic E-state index is 11.6. The number of nitrogens with one attached hydrogen (secondary N) is 1. The van der Waals surface area contributed by atoms with E-state index in [9.17, 15) is 9.90 Å². The Hall–Kier alpha value is -0.140. The van der Waals surface area contributed by atoms with Gasteiger partial charge in [-0.2, -0.15) is 16.7 Å². The normalized spacial score (nSPS) is 24.8. The number of aromatic hydroxyl groups is 1. The van der Waals surface area contributed by atoms with Gasteiger partial charge in [0.05, 0.1) is 5.25 Å². The zero-order valence-electron chi connectivity index (χ0n) is 9.27. The molecule has 1 aliphatic heterocycles. The van der Waals surface area contributed by atoms with Gasteiger partial charge in [-0.05, 0) is 22.4 Å². The van der Waals surface area contributed by atoms with Gasteiger partial charge in [-0.25, -0.2) is 0 Å². The van der Waals surface area contributed by atoms with Gasteiger partial charge in [0.2, 0.25) is 5.88 Å². The van der Waals surface area contributed by atoms with Crippen molar-refractivity contribution in [1.82, 2.24) is 9.97 Å². The summed E-state index contributed by atoms with van der Waals surface area (Å²) in [7, 11) is 0. The van der Waals surface area contributed by atoms with Crippen molar-refractivity contribution in [1.29, 1.82) is 0 Å². The molecule has 1 aliphatic rings. The summed E-state index contributed by atoms with van der Waals surface area (Å²) in [6.45, 7) is 2.13. The lowest BCUT2D eigenvalue weighted by molar-refractivity contribution is 0.442. The molecule has 0 saturated carbocycles. The first-order valence-electron chi connectivity index (χ1n) is 5.35. The molecule has 17 heavy (non-hydrogen) atoms. The van der Waals surface area contributed by atoms with Gasteiger partial charge in [-0.3, -0.25) is 4.79 Å². The second kappa shape index (κ2) is 5.67. The first-order valence-corrected chi connectivity index (χ1v) is 8.24. The van der Waals surface area contributed by atoms with E-state index in [0.717, 1.165) is 17.9 Å². The molecule has 2 rings (SSSR count). The molecule has 1 aromatic rings. The van der Waals surface area contributed by atoms with E-state index in [4.69, 9.17) is 0 Å². The summed E-state index contributed by atoms with van der Waals surface area (Å²) in [6, 6.07) is 0. The molecular formula is C10H13BrN2O2S2. The van der Waals surface area contributed by atoms with Gasteiger partial charge in [0.1, 0.15) is 10.3 Å². The van der Waals surface area contributed by atoms with Crippen LogP contribution in [0.25, 0.3) is 0 Å². The van der Waals surface area contributed by atoms with Crippen molar-refractivity contribution in [2.24, 2.45) is 0 Å². The van der Waals surface area contributed by atoms with E-state index >= 15 is 0 Å². The van der Waals surface area contributed by atoms with E-state index in [1.807, 2.05) is 11.8 Å². The summed E-state index contributed by atoms with van der Waals surface area (Å²) < 4.78 is 0.0998. The van der Waals surface area contributed by atoms with Crippen LogP contribution in [0.5, 0.6) is 5.88 Å². The van der Waals surface area contributed by atoms with Crippen molar-refractivity contribution in [2.75, 3.05) is 11.5 Å². The summed E-state index contributed by atoms with van der Waals surface area (Å²) >= 11 is 6.70. The summed E-state index contributed by atoms with van der Waals surface area (Å²) in [5.41, 5.74) is -0.321. The highest BCUT2D eigenvalue weighted by molar-refractivity contribution is 9.10. The lowest BCUT2D eigenvalue weighted by atomic mass is 10.2. The second-order valence-electron chi connectivity index (χ2n) is 3.70. The number of hydrogen-bond acceptors (Lipinski definition) is 5. The highest BCUT2D eigenvalue weighted by Gasteiger charge is 2.29. The van der Waals surface area contributed by atoms with Gasteiger partial charge in [0.25, 0.3) is 5.56 Å². The number of rotatable bonds is 2. The maximum absolute atomic E-state index is 11.6. The molecule has 0 aliphatic carbocycles. The van der Waals surface area contributed by atoms with Crippen LogP contribution in [0, 0.1) is 0 Å². The smallest absolute Gasteiger partial charge is 0.269 e. The van der Waals surface area contributed by atoms with Gasteiger partial charge in [0, 0.05) is 16.8 Å². The zero-order valence-corrected chi connectivity index (χ0v) is 12.5. The highest BCUT2D eigenvalue weighted by Crippen LogP contribution is 2.42. The Morgan fingerprint density at radius 3 is 2.88 bits per heavy atom. The van der Waals surface area contributed by atoms with Crippen molar-refractivity contribution in [3.8, 4) is 5.88 Å². The van der Waals surface area contributed by atoms with Crippen molar-refractivity contribution in [3.05, 3.63) is 20.7 Å². The third-order valence-corrected chi connectivity index (χ3v) is 6.56. The first kappa shape index (κ1) is 13.3. The van der Waals surface area contributed by atoms with Crippen LogP contribution < -0.4 is 5.56 Å². The molecule has 2 N–H and O–H groups in total. The van der Waals surface area contributed by atoms with E-state index in [1.165, 1.54) is 0 Å². The number of aromatic nitrogens is 2. The quantitative estimate of drug-likeness (QED) is 0.868. The third-order valence-electron chi connectivity index (χ3n) is 2.59. The van der Waals surface area contributed by atoms with Crippen LogP contribution in [-0.4, -0.2) is 31.8 Å². The fourth-order valence-corrected chi connectivity index (χ4v) is 4.96. The van der Waals surface area contributed by atoms with Crippen molar-refractivity contribution < 1.29 is 5.11 Å². The van der Waals surface area contributed by atoms with Gasteiger partial charge < -0.3 is 10.1 Å². The molecular weight excluding hydrogens is 324 g/mol. The number of thioether (sulfide) groups is 2. The Bertz CT molecular complexity index is 466.